The molecule has 1 saturated carbocycles. The van der Waals surface area contributed by atoms with Crippen LogP contribution in [-0.2, 0) is 0 Å². The minimum atomic E-state index is -0.308. The van der Waals surface area contributed by atoms with Crippen LogP contribution in [0.5, 0.6) is 0 Å². The first-order valence-electron chi connectivity index (χ1n) is 6.91. The summed E-state index contributed by atoms with van der Waals surface area (Å²) in [6.45, 7) is 8.65. The highest BCUT2D eigenvalue weighted by atomic mass is 16.3. The normalized spacial score (nSPS) is 46.6. The first kappa shape index (κ1) is 13.1. The Kier molecular flexibility index (Phi) is 3.39. The number of aliphatic hydroxyl groups is 2. The summed E-state index contributed by atoms with van der Waals surface area (Å²) in [7, 11) is 0. The fraction of sp³-hybridized carbons (Fsp3) is 0.867. The predicted octanol–water partition coefficient (Wildman–Crippen LogP) is 2.75. The Balaban J connectivity index is 2.34. The zero-order valence-electron chi connectivity index (χ0n) is 11.5. The maximum atomic E-state index is 10.3. The molecule has 0 aromatic heterocycles. The third-order valence-corrected chi connectivity index (χ3v) is 5.28. The molecule has 2 aliphatic carbocycles. The summed E-state index contributed by atoms with van der Waals surface area (Å²) in [5.74, 6) is 1.31. The lowest BCUT2D eigenvalue weighted by Crippen LogP contribution is -2.41. The van der Waals surface area contributed by atoms with Gasteiger partial charge >= 0.3 is 0 Å². The molecule has 98 valence electrons. The Hall–Kier alpha value is -0.340. The average Bonchev–Trinajstić information content (AvgIpc) is 2.45. The Morgan fingerprint density at radius 1 is 1.35 bits per heavy atom. The van der Waals surface area contributed by atoms with Crippen LogP contribution in [0.4, 0.5) is 0 Å². The van der Waals surface area contributed by atoms with E-state index in [0.29, 0.717) is 17.8 Å². The smallest absolute Gasteiger partial charge is 0.0753 e. The predicted molar refractivity (Wildman–Crippen MR) is 69.5 cm³/mol. The van der Waals surface area contributed by atoms with Crippen molar-refractivity contribution < 1.29 is 10.2 Å². The Morgan fingerprint density at radius 2 is 2.00 bits per heavy atom. The highest BCUT2D eigenvalue weighted by Crippen LogP contribution is 2.57. The summed E-state index contributed by atoms with van der Waals surface area (Å²) in [5, 5.41) is 20.5. The van der Waals surface area contributed by atoms with Crippen LogP contribution in [0.2, 0.25) is 0 Å². The largest absolute Gasteiger partial charge is 0.393 e. The van der Waals surface area contributed by atoms with Crippen LogP contribution >= 0.6 is 0 Å². The molecule has 17 heavy (non-hydrogen) atoms. The molecular weight excluding hydrogens is 212 g/mol. The van der Waals surface area contributed by atoms with Crippen LogP contribution in [0.15, 0.2) is 11.6 Å². The molecule has 0 aromatic rings. The van der Waals surface area contributed by atoms with Crippen molar-refractivity contribution in [1.29, 1.82) is 0 Å². The van der Waals surface area contributed by atoms with Gasteiger partial charge in [0.2, 0.25) is 0 Å². The van der Waals surface area contributed by atoms with Gasteiger partial charge in [-0.25, -0.2) is 0 Å². The minimum Gasteiger partial charge on any atom is -0.393 e. The van der Waals surface area contributed by atoms with Gasteiger partial charge in [0.05, 0.1) is 12.2 Å². The van der Waals surface area contributed by atoms with E-state index in [1.54, 1.807) is 0 Å². The van der Waals surface area contributed by atoms with Crippen LogP contribution in [-0.4, -0.2) is 22.4 Å². The van der Waals surface area contributed by atoms with Gasteiger partial charge in [-0.15, -0.1) is 0 Å². The quantitative estimate of drug-likeness (QED) is 0.690. The Morgan fingerprint density at radius 3 is 2.53 bits per heavy atom. The van der Waals surface area contributed by atoms with Gasteiger partial charge in [0.25, 0.3) is 0 Å². The highest BCUT2D eigenvalue weighted by molar-refractivity contribution is 5.17. The fourth-order valence-corrected chi connectivity index (χ4v) is 4.33. The van der Waals surface area contributed by atoms with Crippen molar-refractivity contribution in [3.63, 3.8) is 0 Å². The molecule has 0 amide bonds. The zero-order chi connectivity index (χ0) is 12.8. The van der Waals surface area contributed by atoms with E-state index in [4.69, 9.17) is 0 Å². The van der Waals surface area contributed by atoms with Gasteiger partial charge in [0, 0.05) is 0 Å². The zero-order valence-corrected chi connectivity index (χ0v) is 11.5. The summed E-state index contributed by atoms with van der Waals surface area (Å²) in [6, 6.07) is 0. The van der Waals surface area contributed by atoms with Gasteiger partial charge in [0.1, 0.15) is 0 Å². The molecule has 1 fully saturated rings. The number of rotatable bonds is 1. The van der Waals surface area contributed by atoms with Gasteiger partial charge in [-0.1, -0.05) is 26.8 Å². The monoisotopic (exact) mass is 238 g/mol. The van der Waals surface area contributed by atoms with E-state index < -0.39 is 0 Å². The summed E-state index contributed by atoms with van der Waals surface area (Å²) < 4.78 is 0. The van der Waals surface area contributed by atoms with Crippen molar-refractivity contribution >= 4 is 0 Å². The first-order valence-corrected chi connectivity index (χ1v) is 6.91. The molecule has 1 unspecified atom stereocenters. The second-order valence-corrected chi connectivity index (χ2v) is 6.58. The van der Waals surface area contributed by atoms with E-state index in [-0.39, 0.29) is 17.6 Å². The molecule has 2 heteroatoms. The van der Waals surface area contributed by atoms with Crippen molar-refractivity contribution in [3.05, 3.63) is 11.6 Å². The lowest BCUT2D eigenvalue weighted by molar-refractivity contribution is -0.00170. The van der Waals surface area contributed by atoms with Crippen molar-refractivity contribution in [2.75, 3.05) is 0 Å². The van der Waals surface area contributed by atoms with Crippen LogP contribution in [0.25, 0.3) is 0 Å². The summed E-state index contributed by atoms with van der Waals surface area (Å²) >= 11 is 0. The molecule has 2 aliphatic rings. The van der Waals surface area contributed by atoms with Crippen molar-refractivity contribution in [2.24, 2.45) is 23.2 Å². The van der Waals surface area contributed by atoms with E-state index in [0.717, 1.165) is 24.8 Å². The molecular formula is C15H26O2. The van der Waals surface area contributed by atoms with Crippen LogP contribution < -0.4 is 0 Å². The van der Waals surface area contributed by atoms with Crippen LogP contribution in [0, 0.1) is 23.2 Å². The summed E-state index contributed by atoms with van der Waals surface area (Å²) in [5.41, 5.74) is 1.22. The number of allylic oxidation sites excluding steroid dienone is 1. The lowest BCUT2D eigenvalue weighted by atomic mass is 9.61. The number of hydrogen-bond donors (Lipinski definition) is 2. The van der Waals surface area contributed by atoms with E-state index in [1.807, 2.05) is 6.92 Å². The Bertz CT molecular complexity index is 321. The molecule has 0 aromatic carbocycles. The molecule has 5 atom stereocenters. The molecule has 2 rings (SSSR count). The van der Waals surface area contributed by atoms with Crippen LogP contribution in [0.3, 0.4) is 0 Å². The van der Waals surface area contributed by atoms with Gasteiger partial charge in [-0.2, -0.15) is 0 Å². The lowest BCUT2D eigenvalue weighted by Gasteiger charge is -2.45. The van der Waals surface area contributed by atoms with E-state index >= 15 is 0 Å². The highest BCUT2D eigenvalue weighted by Gasteiger charge is 2.54. The van der Waals surface area contributed by atoms with Crippen molar-refractivity contribution in [2.45, 2.75) is 59.2 Å². The molecule has 0 radical (unpaired) electrons. The first-order chi connectivity index (χ1) is 7.88. The SMILES string of the molecule is CC1=CC[C@@]2(CC1O)[C@H](C(C)C)[C@H](O)C[C@@H]2C. The minimum absolute atomic E-state index is 0.118. The Labute approximate surface area is 105 Å². The maximum Gasteiger partial charge on any atom is 0.0753 e. The second-order valence-electron chi connectivity index (χ2n) is 6.58. The van der Waals surface area contributed by atoms with E-state index in [9.17, 15) is 10.2 Å². The fourth-order valence-electron chi connectivity index (χ4n) is 4.33. The van der Waals surface area contributed by atoms with E-state index in [1.165, 1.54) is 0 Å². The third-order valence-electron chi connectivity index (χ3n) is 5.28. The van der Waals surface area contributed by atoms with Gasteiger partial charge in [-0.05, 0) is 54.9 Å². The average molecular weight is 238 g/mol. The summed E-state index contributed by atoms with van der Waals surface area (Å²) in [4.78, 5) is 0. The molecule has 2 N–H and O–H groups in total. The van der Waals surface area contributed by atoms with Gasteiger partial charge in [-0.3, -0.25) is 0 Å². The molecule has 2 nitrogen and oxygen atoms in total. The molecule has 0 saturated heterocycles. The van der Waals surface area contributed by atoms with Crippen molar-refractivity contribution in [1.82, 2.24) is 0 Å². The number of aliphatic hydroxyl groups excluding tert-OH is 2. The maximum absolute atomic E-state index is 10.3. The number of hydrogen-bond acceptors (Lipinski definition) is 2. The van der Waals surface area contributed by atoms with E-state index in [2.05, 4.69) is 26.8 Å². The molecule has 0 aliphatic heterocycles. The topological polar surface area (TPSA) is 40.5 Å². The van der Waals surface area contributed by atoms with Crippen molar-refractivity contribution in [3.8, 4) is 0 Å². The molecule has 0 bridgehead atoms. The van der Waals surface area contributed by atoms with Gasteiger partial charge < -0.3 is 10.2 Å². The van der Waals surface area contributed by atoms with Crippen LogP contribution in [0.1, 0.15) is 47.0 Å². The molecule has 0 heterocycles. The summed E-state index contributed by atoms with van der Waals surface area (Å²) in [6.07, 6.45) is 4.44. The second kappa shape index (κ2) is 4.40. The third kappa shape index (κ3) is 1.96. The standard InChI is InChI=1S/C15H26O2/c1-9(2)14-12(16)7-11(4)15(14)6-5-10(3)13(17)8-15/h5,9,11-14,16-17H,6-8H2,1-4H3/t11-,12+,13?,14+,15-/m0/s1. The molecule has 1 spiro atoms. The van der Waals surface area contributed by atoms with Gasteiger partial charge in [0.15, 0.2) is 0 Å².